The molecule has 0 bridgehead atoms. The standard InChI is InChI=1S/C23H19F3N6O2/c1-4-5-28-21(33)16-7-15(8-27-9-16)18-6-13(2)19-20(30-18)14(3)32(22(19)34)17-10-29-31(11-17)12-23(24,25)26/h1,6-11,14H,5,12H2,2-3H3,(H,28,33). The van der Waals surface area contributed by atoms with Gasteiger partial charge in [-0.15, -0.1) is 6.42 Å². The van der Waals surface area contributed by atoms with Gasteiger partial charge in [0, 0.05) is 24.2 Å². The van der Waals surface area contributed by atoms with Gasteiger partial charge in [0.05, 0.1) is 47.0 Å². The molecule has 0 radical (unpaired) electrons. The molecular formula is C23H19F3N6O2. The second kappa shape index (κ2) is 8.62. The number of hydrogen-bond acceptors (Lipinski definition) is 5. The molecule has 1 aliphatic heterocycles. The number of hydrogen-bond donors (Lipinski definition) is 1. The molecule has 174 valence electrons. The van der Waals surface area contributed by atoms with E-state index in [1.807, 2.05) is 0 Å². The average molecular weight is 468 g/mol. The smallest absolute Gasteiger partial charge is 0.341 e. The van der Waals surface area contributed by atoms with E-state index < -0.39 is 18.8 Å². The molecule has 0 fully saturated rings. The molecule has 8 nitrogen and oxygen atoms in total. The fourth-order valence-electron chi connectivity index (χ4n) is 3.87. The maximum absolute atomic E-state index is 13.2. The Balaban J connectivity index is 1.67. The summed E-state index contributed by atoms with van der Waals surface area (Å²) in [6.07, 6.45) is 6.11. The first-order valence-corrected chi connectivity index (χ1v) is 10.2. The quantitative estimate of drug-likeness (QED) is 0.580. The summed E-state index contributed by atoms with van der Waals surface area (Å²) in [6, 6.07) is 2.79. The minimum atomic E-state index is -4.43. The number of rotatable bonds is 5. The predicted molar refractivity (Wildman–Crippen MR) is 117 cm³/mol. The number of carbonyl (C=O) groups is 2. The number of nitrogens with one attached hydrogen (secondary N) is 1. The Morgan fingerprint density at radius 1 is 1.26 bits per heavy atom. The van der Waals surface area contributed by atoms with Crippen molar-refractivity contribution in [2.45, 2.75) is 32.6 Å². The van der Waals surface area contributed by atoms with Gasteiger partial charge < -0.3 is 5.32 Å². The molecular weight excluding hydrogens is 449 g/mol. The number of amides is 2. The molecule has 0 aliphatic carbocycles. The summed E-state index contributed by atoms with van der Waals surface area (Å²) in [4.78, 5) is 35.5. The van der Waals surface area contributed by atoms with Gasteiger partial charge in [-0.1, -0.05) is 5.92 Å². The molecule has 1 atom stereocenters. The second-order valence-corrected chi connectivity index (χ2v) is 7.80. The SMILES string of the molecule is C#CCNC(=O)c1cncc(-c2cc(C)c3c(n2)C(C)N(c2cnn(CC(F)(F)F)c2)C3=O)c1. The first kappa shape index (κ1) is 23.0. The molecule has 0 saturated carbocycles. The van der Waals surface area contributed by atoms with Crippen LogP contribution >= 0.6 is 0 Å². The molecule has 4 rings (SSSR count). The number of nitrogens with zero attached hydrogens (tertiary/aromatic N) is 5. The zero-order valence-electron chi connectivity index (χ0n) is 18.2. The Bertz CT molecular complexity index is 1320. The van der Waals surface area contributed by atoms with Gasteiger partial charge in [-0.25, -0.2) is 4.98 Å². The van der Waals surface area contributed by atoms with E-state index in [2.05, 4.69) is 26.3 Å². The van der Waals surface area contributed by atoms with E-state index in [0.717, 1.165) is 4.68 Å². The molecule has 0 aromatic carbocycles. The number of halogens is 3. The van der Waals surface area contributed by atoms with Crippen molar-refractivity contribution < 1.29 is 22.8 Å². The summed E-state index contributed by atoms with van der Waals surface area (Å²) in [5, 5.41) is 6.30. The lowest BCUT2D eigenvalue weighted by Gasteiger charge is -2.19. The van der Waals surface area contributed by atoms with Crippen LogP contribution in [0.1, 0.15) is 44.9 Å². The largest absolute Gasteiger partial charge is 0.408 e. The van der Waals surface area contributed by atoms with Gasteiger partial charge >= 0.3 is 6.18 Å². The first-order chi connectivity index (χ1) is 16.1. The van der Waals surface area contributed by atoms with Crippen molar-refractivity contribution in [3.8, 4) is 23.6 Å². The van der Waals surface area contributed by atoms with Crippen LogP contribution in [0.5, 0.6) is 0 Å². The van der Waals surface area contributed by atoms with Crippen molar-refractivity contribution in [3.05, 3.63) is 59.3 Å². The van der Waals surface area contributed by atoms with Gasteiger partial charge in [0.25, 0.3) is 11.8 Å². The van der Waals surface area contributed by atoms with Crippen molar-refractivity contribution in [2.75, 3.05) is 11.4 Å². The Labute approximate surface area is 192 Å². The highest BCUT2D eigenvalue weighted by molar-refractivity contribution is 6.11. The van der Waals surface area contributed by atoms with Crippen LogP contribution in [0.15, 0.2) is 36.9 Å². The number of anilines is 1. The Kier molecular flexibility index (Phi) is 5.83. The summed E-state index contributed by atoms with van der Waals surface area (Å²) >= 11 is 0. The maximum atomic E-state index is 13.2. The molecule has 1 aliphatic rings. The van der Waals surface area contributed by atoms with Crippen molar-refractivity contribution in [3.63, 3.8) is 0 Å². The molecule has 1 unspecified atom stereocenters. The van der Waals surface area contributed by atoms with E-state index >= 15 is 0 Å². The zero-order chi connectivity index (χ0) is 24.6. The molecule has 0 spiro atoms. The number of alkyl halides is 3. The minimum absolute atomic E-state index is 0.0777. The fraction of sp³-hybridized carbons (Fsp3) is 0.261. The lowest BCUT2D eigenvalue weighted by atomic mass is 10.0. The number of fused-ring (bicyclic) bond motifs is 1. The van der Waals surface area contributed by atoms with E-state index in [4.69, 9.17) is 6.42 Å². The second-order valence-electron chi connectivity index (χ2n) is 7.80. The molecule has 4 heterocycles. The van der Waals surface area contributed by atoms with Crippen molar-refractivity contribution in [1.29, 1.82) is 0 Å². The van der Waals surface area contributed by atoms with Crippen molar-refractivity contribution in [1.82, 2.24) is 25.1 Å². The molecule has 3 aromatic heterocycles. The van der Waals surface area contributed by atoms with Crippen LogP contribution in [-0.2, 0) is 6.54 Å². The molecule has 3 aromatic rings. The van der Waals surface area contributed by atoms with E-state index in [1.165, 1.54) is 23.5 Å². The van der Waals surface area contributed by atoms with Gasteiger partial charge in [0.15, 0.2) is 0 Å². The summed E-state index contributed by atoms with van der Waals surface area (Å²) in [6.45, 7) is 2.31. The monoisotopic (exact) mass is 468 g/mol. The van der Waals surface area contributed by atoms with Crippen LogP contribution in [0.25, 0.3) is 11.3 Å². The Hall–Kier alpha value is -4.20. The number of aromatic nitrogens is 4. The van der Waals surface area contributed by atoms with Crippen molar-refractivity contribution in [2.24, 2.45) is 0 Å². The van der Waals surface area contributed by atoms with Crippen LogP contribution in [-0.4, -0.2) is 44.3 Å². The number of pyridine rings is 2. The Morgan fingerprint density at radius 2 is 2.03 bits per heavy atom. The summed E-state index contributed by atoms with van der Waals surface area (Å²) < 4.78 is 38.9. The van der Waals surface area contributed by atoms with E-state index in [0.29, 0.717) is 33.6 Å². The van der Waals surface area contributed by atoms with Crippen LogP contribution in [0.4, 0.5) is 18.9 Å². The minimum Gasteiger partial charge on any atom is -0.341 e. The summed E-state index contributed by atoms with van der Waals surface area (Å²) in [7, 11) is 0. The van der Waals surface area contributed by atoms with Gasteiger partial charge in [-0.2, -0.15) is 18.3 Å². The van der Waals surface area contributed by atoms with Gasteiger partial charge in [-0.05, 0) is 31.5 Å². The third-order valence-corrected chi connectivity index (χ3v) is 5.35. The highest BCUT2D eigenvalue weighted by Gasteiger charge is 2.39. The average Bonchev–Trinajstić information content (AvgIpc) is 3.32. The zero-order valence-corrected chi connectivity index (χ0v) is 18.2. The topological polar surface area (TPSA) is 93.0 Å². The predicted octanol–water partition coefficient (Wildman–Crippen LogP) is 3.30. The van der Waals surface area contributed by atoms with E-state index in [9.17, 15) is 22.8 Å². The van der Waals surface area contributed by atoms with Crippen LogP contribution < -0.4 is 10.2 Å². The van der Waals surface area contributed by atoms with E-state index in [-0.39, 0.29) is 24.0 Å². The first-order valence-electron chi connectivity index (χ1n) is 10.2. The molecule has 11 heteroatoms. The number of terminal acetylenes is 1. The Morgan fingerprint density at radius 3 is 2.74 bits per heavy atom. The van der Waals surface area contributed by atoms with Gasteiger partial charge in [0.2, 0.25) is 0 Å². The third-order valence-electron chi connectivity index (χ3n) is 5.35. The van der Waals surface area contributed by atoms with Crippen LogP contribution in [0.3, 0.4) is 0 Å². The fourth-order valence-corrected chi connectivity index (χ4v) is 3.87. The number of aryl methyl sites for hydroxylation is 1. The molecule has 2 amide bonds. The van der Waals surface area contributed by atoms with Crippen LogP contribution in [0, 0.1) is 19.3 Å². The highest BCUT2D eigenvalue weighted by Crippen LogP contribution is 2.39. The third kappa shape index (κ3) is 4.34. The normalized spacial score (nSPS) is 15.2. The molecule has 0 saturated heterocycles. The van der Waals surface area contributed by atoms with Gasteiger partial charge in [-0.3, -0.25) is 24.2 Å². The molecule has 1 N–H and O–H groups in total. The maximum Gasteiger partial charge on any atom is 0.408 e. The number of carbonyl (C=O) groups excluding carboxylic acids is 2. The lowest BCUT2D eigenvalue weighted by molar-refractivity contribution is -0.142. The summed E-state index contributed by atoms with van der Waals surface area (Å²) in [5.74, 6) is 1.58. The lowest BCUT2D eigenvalue weighted by Crippen LogP contribution is -2.26. The molecule has 34 heavy (non-hydrogen) atoms. The van der Waals surface area contributed by atoms with E-state index in [1.54, 1.807) is 32.2 Å². The van der Waals surface area contributed by atoms with Gasteiger partial charge in [0.1, 0.15) is 6.54 Å². The summed E-state index contributed by atoms with van der Waals surface area (Å²) in [5.41, 5.74) is 3.12. The van der Waals surface area contributed by atoms with Crippen molar-refractivity contribution >= 4 is 17.5 Å². The highest BCUT2D eigenvalue weighted by atomic mass is 19.4. The van der Waals surface area contributed by atoms with Crippen LogP contribution in [0.2, 0.25) is 0 Å².